The zero-order valence-electron chi connectivity index (χ0n) is 11.2. The maximum Gasteiger partial charge on any atom is 0.175 e. The topological polar surface area (TPSA) is 51.0 Å². The normalized spacial score (nSPS) is 10.8. The van der Waals surface area contributed by atoms with Crippen molar-refractivity contribution >= 4 is 22.1 Å². The van der Waals surface area contributed by atoms with E-state index in [0.29, 0.717) is 27.1 Å². The summed E-state index contributed by atoms with van der Waals surface area (Å²) >= 11 is 3.37. The van der Waals surface area contributed by atoms with Crippen LogP contribution in [0.3, 0.4) is 0 Å². The number of methoxy groups -OCH3 is 1. The Kier molecular flexibility index (Phi) is 5.16. The van der Waals surface area contributed by atoms with E-state index < -0.39 is 0 Å². The summed E-state index contributed by atoms with van der Waals surface area (Å²) in [6.07, 6.45) is 1.28. The second kappa shape index (κ2) is 7.08. The molecule has 21 heavy (non-hydrogen) atoms. The maximum atomic E-state index is 13.1. The zero-order chi connectivity index (χ0) is 15.2. The van der Waals surface area contributed by atoms with Gasteiger partial charge in [0, 0.05) is 5.56 Å². The second-order valence-electron chi connectivity index (χ2n) is 4.20. The van der Waals surface area contributed by atoms with Gasteiger partial charge in [0.25, 0.3) is 0 Å². The molecule has 0 saturated carbocycles. The van der Waals surface area contributed by atoms with E-state index in [-0.39, 0.29) is 12.4 Å². The Labute approximate surface area is 129 Å². The summed E-state index contributed by atoms with van der Waals surface area (Å²) in [4.78, 5) is 0. The second-order valence-corrected chi connectivity index (χ2v) is 5.05. The minimum Gasteiger partial charge on any atom is -0.493 e. The fraction of sp³-hybridized carbons (Fsp3) is 0.133. The molecule has 0 aliphatic rings. The van der Waals surface area contributed by atoms with Crippen LogP contribution in [-0.2, 0) is 6.61 Å². The highest BCUT2D eigenvalue weighted by atomic mass is 79.9. The Morgan fingerprint density at radius 2 is 2.14 bits per heavy atom. The van der Waals surface area contributed by atoms with Crippen molar-refractivity contribution < 1.29 is 19.1 Å². The molecule has 0 fully saturated rings. The SMILES string of the molecule is COc1cc(/C=N\O)cc(Br)c1OCc1cccc(F)c1. The van der Waals surface area contributed by atoms with Gasteiger partial charge in [-0.2, -0.15) is 0 Å². The van der Waals surface area contributed by atoms with Crippen molar-refractivity contribution in [2.75, 3.05) is 7.11 Å². The van der Waals surface area contributed by atoms with Crippen LogP contribution in [0.5, 0.6) is 11.5 Å². The molecule has 0 saturated heterocycles. The number of halogens is 2. The molecule has 0 aliphatic carbocycles. The van der Waals surface area contributed by atoms with Crippen LogP contribution in [-0.4, -0.2) is 18.5 Å². The molecule has 0 bridgehead atoms. The third kappa shape index (κ3) is 3.95. The first-order valence-corrected chi connectivity index (χ1v) is 6.85. The third-order valence-electron chi connectivity index (χ3n) is 2.73. The fourth-order valence-corrected chi connectivity index (χ4v) is 2.38. The fourth-order valence-electron chi connectivity index (χ4n) is 1.80. The van der Waals surface area contributed by atoms with Gasteiger partial charge in [0.15, 0.2) is 11.5 Å². The number of rotatable bonds is 5. The summed E-state index contributed by atoms with van der Waals surface area (Å²) in [5, 5.41) is 11.5. The van der Waals surface area contributed by atoms with Crippen LogP contribution in [0.2, 0.25) is 0 Å². The van der Waals surface area contributed by atoms with Gasteiger partial charge in [0.1, 0.15) is 12.4 Å². The molecule has 0 radical (unpaired) electrons. The Morgan fingerprint density at radius 1 is 1.33 bits per heavy atom. The van der Waals surface area contributed by atoms with Crippen molar-refractivity contribution in [3.63, 3.8) is 0 Å². The van der Waals surface area contributed by atoms with Crippen LogP contribution in [0.25, 0.3) is 0 Å². The first-order chi connectivity index (χ1) is 10.1. The Balaban J connectivity index is 2.23. The zero-order valence-corrected chi connectivity index (χ0v) is 12.8. The average molecular weight is 354 g/mol. The molecule has 0 atom stereocenters. The van der Waals surface area contributed by atoms with E-state index in [1.54, 1.807) is 24.3 Å². The Morgan fingerprint density at radius 3 is 2.81 bits per heavy atom. The van der Waals surface area contributed by atoms with Gasteiger partial charge in [0.2, 0.25) is 0 Å². The van der Waals surface area contributed by atoms with Gasteiger partial charge < -0.3 is 14.7 Å². The lowest BCUT2D eigenvalue weighted by Crippen LogP contribution is -2.00. The van der Waals surface area contributed by atoms with Crippen LogP contribution in [0, 0.1) is 5.82 Å². The van der Waals surface area contributed by atoms with Gasteiger partial charge in [-0.25, -0.2) is 4.39 Å². The first kappa shape index (κ1) is 15.3. The number of benzene rings is 2. The third-order valence-corrected chi connectivity index (χ3v) is 3.32. The van der Waals surface area contributed by atoms with Crippen molar-refractivity contribution in [1.29, 1.82) is 0 Å². The van der Waals surface area contributed by atoms with E-state index >= 15 is 0 Å². The van der Waals surface area contributed by atoms with E-state index in [1.807, 2.05) is 0 Å². The van der Waals surface area contributed by atoms with Gasteiger partial charge in [-0.15, -0.1) is 0 Å². The molecule has 0 spiro atoms. The average Bonchev–Trinajstić information content (AvgIpc) is 2.46. The molecule has 6 heteroatoms. The molecular weight excluding hydrogens is 341 g/mol. The highest BCUT2D eigenvalue weighted by Gasteiger charge is 2.11. The van der Waals surface area contributed by atoms with Crippen molar-refractivity contribution in [3.8, 4) is 11.5 Å². The van der Waals surface area contributed by atoms with E-state index in [4.69, 9.17) is 14.7 Å². The summed E-state index contributed by atoms with van der Waals surface area (Å²) in [6, 6.07) is 9.59. The van der Waals surface area contributed by atoms with Gasteiger partial charge in [-0.3, -0.25) is 0 Å². The molecule has 0 amide bonds. The van der Waals surface area contributed by atoms with Gasteiger partial charge in [-0.1, -0.05) is 17.3 Å². The molecule has 0 aliphatic heterocycles. The van der Waals surface area contributed by atoms with Crippen LogP contribution >= 0.6 is 15.9 Å². The predicted octanol–water partition coefficient (Wildman–Crippen LogP) is 3.98. The molecule has 2 aromatic carbocycles. The van der Waals surface area contributed by atoms with Crippen LogP contribution in [0.15, 0.2) is 46.0 Å². The summed E-state index contributed by atoms with van der Waals surface area (Å²) in [7, 11) is 1.51. The van der Waals surface area contributed by atoms with Crippen molar-refractivity contribution in [2.24, 2.45) is 5.16 Å². The minimum atomic E-state index is -0.309. The summed E-state index contributed by atoms with van der Waals surface area (Å²) in [5.41, 5.74) is 1.37. The number of nitrogens with zero attached hydrogens (tertiary/aromatic N) is 1. The Bertz CT molecular complexity index is 661. The number of hydrogen-bond acceptors (Lipinski definition) is 4. The summed E-state index contributed by atoms with van der Waals surface area (Å²) < 4.78 is 24.7. The lowest BCUT2D eigenvalue weighted by Gasteiger charge is -2.13. The van der Waals surface area contributed by atoms with Gasteiger partial charge in [-0.05, 0) is 45.8 Å². The first-order valence-electron chi connectivity index (χ1n) is 6.06. The molecule has 2 rings (SSSR count). The van der Waals surface area contributed by atoms with Gasteiger partial charge >= 0.3 is 0 Å². The molecular formula is C15H13BrFNO3. The van der Waals surface area contributed by atoms with Crippen molar-refractivity contribution in [3.05, 3.63) is 57.8 Å². The van der Waals surface area contributed by atoms with Crippen LogP contribution < -0.4 is 9.47 Å². The highest BCUT2D eigenvalue weighted by molar-refractivity contribution is 9.10. The minimum absolute atomic E-state index is 0.208. The van der Waals surface area contributed by atoms with Crippen molar-refractivity contribution in [2.45, 2.75) is 6.61 Å². The summed E-state index contributed by atoms with van der Waals surface area (Å²) in [5.74, 6) is 0.671. The van der Waals surface area contributed by atoms with E-state index in [0.717, 1.165) is 0 Å². The summed E-state index contributed by atoms with van der Waals surface area (Å²) in [6.45, 7) is 0.208. The molecule has 2 aromatic rings. The van der Waals surface area contributed by atoms with E-state index in [9.17, 15) is 4.39 Å². The van der Waals surface area contributed by atoms with E-state index in [2.05, 4.69) is 21.1 Å². The standard InChI is InChI=1S/C15H13BrFNO3/c1-20-14-7-11(8-18-19)6-13(16)15(14)21-9-10-3-2-4-12(17)5-10/h2-8,19H,9H2,1H3/b18-8-. The molecule has 0 heterocycles. The van der Waals surface area contributed by atoms with Crippen LogP contribution in [0.4, 0.5) is 4.39 Å². The molecule has 4 nitrogen and oxygen atoms in total. The molecule has 1 N–H and O–H groups in total. The number of hydrogen-bond donors (Lipinski definition) is 1. The largest absolute Gasteiger partial charge is 0.493 e. The molecule has 0 unspecified atom stereocenters. The monoisotopic (exact) mass is 353 g/mol. The molecule has 0 aromatic heterocycles. The lowest BCUT2D eigenvalue weighted by molar-refractivity contribution is 0.282. The van der Waals surface area contributed by atoms with Gasteiger partial charge in [0.05, 0.1) is 17.8 Å². The van der Waals surface area contributed by atoms with Crippen LogP contribution in [0.1, 0.15) is 11.1 Å². The number of ether oxygens (including phenoxy) is 2. The quantitative estimate of drug-likeness (QED) is 0.502. The van der Waals surface area contributed by atoms with E-state index in [1.165, 1.54) is 25.5 Å². The maximum absolute atomic E-state index is 13.1. The lowest BCUT2D eigenvalue weighted by atomic mass is 10.2. The number of oxime groups is 1. The smallest absolute Gasteiger partial charge is 0.175 e. The predicted molar refractivity (Wildman–Crippen MR) is 80.8 cm³/mol. The van der Waals surface area contributed by atoms with Crippen molar-refractivity contribution in [1.82, 2.24) is 0 Å². The Hall–Kier alpha value is -2.08. The highest BCUT2D eigenvalue weighted by Crippen LogP contribution is 2.36. The molecule has 110 valence electrons.